The van der Waals surface area contributed by atoms with Gasteiger partial charge in [-0.25, -0.2) is 4.98 Å². The molecule has 0 atom stereocenters. The van der Waals surface area contributed by atoms with Crippen molar-refractivity contribution >= 4 is 27.5 Å². The second-order valence-corrected chi connectivity index (χ2v) is 7.56. The molecular weight excluding hydrogens is 310 g/mol. The molecule has 0 bridgehead atoms. The molecule has 2 aromatic heterocycles. The lowest BCUT2D eigenvalue weighted by Crippen LogP contribution is -2.30. The Morgan fingerprint density at radius 3 is 2.87 bits per heavy atom. The van der Waals surface area contributed by atoms with Crippen LogP contribution in [0.1, 0.15) is 55.8 Å². The molecule has 0 saturated heterocycles. The molecule has 0 radical (unpaired) electrons. The van der Waals surface area contributed by atoms with E-state index < -0.39 is 0 Å². The van der Waals surface area contributed by atoms with Crippen LogP contribution in [0.3, 0.4) is 0 Å². The number of H-pyrrole nitrogens is 1. The Morgan fingerprint density at radius 1 is 1.30 bits per heavy atom. The summed E-state index contributed by atoms with van der Waals surface area (Å²) in [6, 6.07) is 0.130. The van der Waals surface area contributed by atoms with E-state index in [9.17, 15) is 9.59 Å². The lowest BCUT2D eigenvalue weighted by molar-refractivity contribution is -0.121. The molecule has 2 heterocycles. The third-order valence-electron chi connectivity index (χ3n) is 4.16. The predicted molar refractivity (Wildman–Crippen MR) is 93.1 cm³/mol. The smallest absolute Gasteiger partial charge is 0.259 e. The number of carbonyl (C=O) groups is 1. The highest BCUT2D eigenvalue weighted by Crippen LogP contribution is 2.32. The molecule has 1 aliphatic carbocycles. The van der Waals surface area contributed by atoms with E-state index in [4.69, 9.17) is 0 Å². The van der Waals surface area contributed by atoms with Crippen molar-refractivity contribution in [3.63, 3.8) is 0 Å². The minimum atomic E-state index is -0.0475. The molecule has 2 N–H and O–H groups in total. The Morgan fingerprint density at radius 2 is 2.09 bits per heavy atom. The van der Waals surface area contributed by atoms with Gasteiger partial charge in [0.15, 0.2) is 0 Å². The van der Waals surface area contributed by atoms with Gasteiger partial charge in [-0.1, -0.05) is 6.42 Å². The quantitative estimate of drug-likeness (QED) is 0.845. The van der Waals surface area contributed by atoms with E-state index in [2.05, 4.69) is 15.3 Å². The predicted octanol–water partition coefficient (Wildman–Crippen LogP) is 2.71. The Balaban J connectivity index is 1.84. The summed E-state index contributed by atoms with van der Waals surface area (Å²) in [7, 11) is 0. The summed E-state index contributed by atoms with van der Waals surface area (Å²) in [5, 5.41) is 3.64. The van der Waals surface area contributed by atoms with Gasteiger partial charge in [0, 0.05) is 23.8 Å². The molecule has 0 aromatic carbocycles. The number of hydrogen-bond donors (Lipinski definition) is 2. The Labute approximate surface area is 139 Å². The van der Waals surface area contributed by atoms with Crippen LogP contribution in [0.4, 0.5) is 0 Å². The van der Waals surface area contributed by atoms with Crippen LogP contribution in [0.25, 0.3) is 10.2 Å². The first kappa shape index (κ1) is 16.2. The van der Waals surface area contributed by atoms with Crippen molar-refractivity contribution in [3.05, 3.63) is 26.6 Å². The standard InChI is InChI=1S/C17H23N3O2S/c1-10(2)18-14(21)9-8-13-19-16(22)15-11-6-4-3-5-7-12(11)23-17(15)20-13/h10H,3-9H2,1-2H3,(H,18,21)(H,19,20,22). The van der Waals surface area contributed by atoms with Crippen molar-refractivity contribution in [3.8, 4) is 0 Å². The summed E-state index contributed by atoms with van der Waals surface area (Å²) in [5.74, 6) is 0.600. The number of nitrogens with zero attached hydrogens (tertiary/aromatic N) is 1. The third kappa shape index (κ3) is 3.63. The third-order valence-corrected chi connectivity index (χ3v) is 5.35. The van der Waals surface area contributed by atoms with E-state index in [-0.39, 0.29) is 17.5 Å². The topological polar surface area (TPSA) is 74.8 Å². The maximum absolute atomic E-state index is 12.5. The van der Waals surface area contributed by atoms with E-state index in [1.807, 2.05) is 13.8 Å². The van der Waals surface area contributed by atoms with Gasteiger partial charge in [-0.2, -0.15) is 0 Å². The minimum Gasteiger partial charge on any atom is -0.354 e. The zero-order valence-corrected chi connectivity index (χ0v) is 14.5. The molecule has 23 heavy (non-hydrogen) atoms. The number of amides is 1. The van der Waals surface area contributed by atoms with Crippen molar-refractivity contribution < 1.29 is 4.79 Å². The van der Waals surface area contributed by atoms with Crippen LogP contribution in [-0.4, -0.2) is 21.9 Å². The molecule has 0 fully saturated rings. The van der Waals surface area contributed by atoms with Gasteiger partial charge in [-0.05, 0) is 45.1 Å². The molecule has 124 valence electrons. The van der Waals surface area contributed by atoms with E-state index in [1.54, 1.807) is 11.3 Å². The Kier molecular flexibility index (Phi) is 4.80. The van der Waals surface area contributed by atoms with Crippen molar-refractivity contribution in [2.75, 3.05) is 0 Å². The molecule has 0 saturated carbocycles. The first-order chi connectivity index (χ1) is 11.0. The molecule has 3 rings (SSSR count). The highest BCUT2D eigenvalue weighted by atomic mass is 32.1. The number of rotatable bonds is 4. The summed E-state index contributed by atoms with van der Waals surface area (Å²) in [6.07, 6.45) is 6.43. The van der Waals surface area contributed by atoms with Gasteiger partial charge in [0.25, 0.3) is 5.56 Å². The first-order valence-electron chi connectivity index (χ1n) is 8.37. The maximum Gasteiger partial charge on any atom is 0.259 e. The Bertz CT molecular complexity index is 776. The number of aryl methyl sites for hydroxylation is 3. The summed E-state index contributed by atoms with van der Waals surface area (Å²) >= 11 is 1.65. The summed E-state index contributed by atoms with van der Waals surface area (Å²) in [5.41, 5.74) is 1.16. The average Bonchev–Trinajstić information content (AvgIpc) is 2.67. The maximum atomic E-state index is 12.5. The van der Waals surface area contributed by atoms with E-state index in [0.29, 0.717) is 18.7 Å². The van der Waals surface area contributed by atoms with Crippen molar-refractivity contribution in [1.82, 2.24) is 15.3 Å². The van der Waals surface area contributed by atoms with Crippen LogP contribution in [-0.2, 0) is 24.1 Å². The highest BCUT2D eigenvalue weighted by Gasteiger charge is 2.19. The number of nitrogens with one attached hydrogen (secondary N) is 2. The fourth-order valence-electron chi connectivity index (χ4n) is 3.13. The van der Waals surface area contributed by atoms with Crippen LogP contribution < -0.4 is 10.9 Å². The number of thiophene rings is 1. The van der Waals surface area contributed by atoms with Crippen LogP contribution in [0.15, 0.2) is 4.79 Å². The normalized spacial score (nSPS) is 14.7. The summed E-state index contributed by atoms with van der Waals surface area (Å²) in [6.45, 7) is 3.87. The molecule has 0 spiro atoms. The number of hydrogen-bond acceptors (Lipinski definition) is 4. The molecular formula is C17H23N3O2S. The van der Waals surface area contributed by atoms with Crippen LogP contribution in [0.2, 0.25) is 0 Å². The van der Waals surface area contributed by atoms with Crippen LogP contribution >= 0.6 is 11.3 Å². The van der Waals surface area contributed by atoms with Gasteiger partial charge in [0.05, 0.1) is 5.39 Å². The molecule has 0 aliphatic heterocycles. The number of aromatic amines is 1. The van der Waals surface area contributed by atoms with Crippen molar-refractivity contribution in [1.29, 1.82) is 0 Å². The Hall–Kier alpha value is -1.69. The molecule has 0 unspecified atom stereocenters. The monoisotopic (exact) mass is 333 g/mol. The zero-order valence-electron chi connectivity index (χ0n) is 13.7. The lowest BCUT2D eigenvalue weighted by Gasteiger charge is -2.07. The van der Waals surface area contributed by atoms with E-state index in [0.717, 1.165) is 29.5 Å². The fourth-order valence-corrected chi connectivity index (χ4v) is 4.41. The molecule has 5 nitrogen and oxygen atoms in total. The largest absolute Gasteiger partial charge is 0.354 e. The molecule has 6 heteroatoms. The van der Waals surface area contributed by atoms with Crippen LogP contribution in [0.5, 0.6) is 0 Å². The number of carbonyl (C=O) groups excluding carboxylic acids is 1. The summed E-state index contributed by atoms with van der Waals surface area (Å²) in [4.78, 5) is 33.9. The lowest BCUT2D eigenvalue weighted by atomic mass is 10.1. The van der Waals surface area contributed by atoms with E-state index in [1.165, 1.54) is 23.3 Å². The second-order valence-electron chi connectivity index (χ2n) is 6.48. The summed E-state index contributed by atoms with van der Waals surface area (Å²) < 4.78 is 0. The number of aromatic nitrogens is 2. The molecule has 2 aromatic rings. The van der Waals surface area contributed by atoms with Crippen molar-refractivity contribution in [2.45, 2.75) is 64.8 Å². The van der Waals surface area contributed by atoms with Gasteiger partial charge in [-0.3, -0.25) is 9.59 Å². The van der Waals surface area contributed by atoms with E-state index >= 15 is 0 Å². The number of fused-ring (bicyclic) bond motifs is 3. The molecule has 1 aliphatic rings. The van der Waals surface area contributed by atoms with Gasteiger partial charge in [0.1, 0.15) is 10.7 Å². The molecule has 1 amide bonds. The zero-order chi connectivity index (χ0) is 16.4. The average molecular weight is 333 g/mol. The minimum absolute atomic E-state index is 0.00953. The highest BCUT2D eigenvalue weighted by molar-refractivity contribution is 7.18. The SMILES string of the molecule is CC(C)NC(=O)CCc1nc2sc3c(c2c(=O)[nH]1)CCCCC3. The van der Waals surface area contributed by atoms with Gasteiger partial charge < -0.3 is 10.3 Å². The fraction of sp³-hybridized carbons (Fsp3) is 0.588. The van der Waals surface area contributed by atoms with Gasteiger partial charge in [-0.15, -0.1) is 11.3 Å². The van der Waals surface area contributed by atoms with Gasteiger partial charge >= 0.3 is 0 Å². The second kappa shape index (κ2) is 6.83. The first-order valence-corrected chi connectivity index (χ1v) is 9.19. The van der Waals surface area contributed by atoms with Crippen molar-refractivity contribution in [2.24, 2.45) is 0 Å². The van der Waals surface area contributed by atoms with Gasteiger partial charge in [0.2, 0.25) is 5.91 Å². The van der Waals surface area contributed by atoms with Crippen LogP contribution in [0, 0.1) is 0 Å².